The maximum Gasteiger partial charge on any atom is 0.241 e. The lowest BCUT2D eigenvalue weighted by Crippen LogP contribution is -2.44. The lowest BCUT2D eigenvalue weighted by molar-refractivity contribution is -0.133. The van der Waals surface area contributed by atoms with E-state index in [2.05, 4.69) is 10.6 Å². The number of carbonyl (C=O) groups is 3. The van der Waals surface area contributed by atoms with Crippen LogP contribution in [0.1, 0.15) is 13.3 Å². The summed E-state index contributed by atoms with van der Waals surface area (Å²) in [4.78, 5) is 36.0. The van der Waals surface area contributed by atoms with Crippen LogP contribution >= 0.6 is 0 Å². The van der Waals surface area contributed by atoms with Gasteiger partial charge in [-0.1, -0.05) is 0 Å². The molecule has 18 heavy (non-hydrogen) atoms. The van der Waals surface area contributed by atoms with E-state index in [1.807, 2.05) is 6.92 Å². The van der Waals surface area contributed by atoms with Crippen molar-refractivity contribution in [2.75, 3.05) is 33.2 Å². The van der Waals surface area contributed by atoms with Crippen molar-refractivity contribution in [2.45, 2.75) is 13.3 Å². The molecule has 0 aromatic carbocycles. The first-order valence-electron chi connectivity index (χ1n) is 5.89. The van der Waals surface area contributed by atoms with Gasteiger partial charge in [-0.2, -0.15) is 0 Å². The molecule has 4 N–H and O–H groups in total. The van der Waals surface area contributed by atoms with Crippen LogP contribution in [0, 0.1) is 5.41 Å². The molecule has 0 aromatic rings. The normalized spacial score (nSPS) is 22.7. The average Bonchev–Trinajstić information content (AvgIpc) is 2.78. The molecular formula is C11H20N4O3. The van der Waals surface area contributed by atoms with E-state index in [4.69, 9.17) is 5.73 Å². The van der Waals surface area contributed by atoms with Gasteiger partial charge in [-0.25, -0.2) is 0 Å². The number of rotatable bonds is 4. The molecule has 1 aliphatic heterocycles. The molecule has 0 saturated carbocycles. The third-order valence-electron chi connectivity index (χ3n) is 3.22. The van der Waals surface area contributed by atoms with E-state index in [-0.39, 0.29) is 30.8 Å². The molecule has 1 heterocycles. The maximum atomic E-state index is 11.8. The summed E-state index contributed by atoms with van der Waals surface area (Å²) in [6, 6.07) is 0. The summed E-state index contributed by atoms with van der Waals surface area (Å²) in [6.07, 6.45) is 0.628. The Hall–Kier alpha value is -1.63. The Bertz CT molecular complexity index is 358. The number of likely N-dealkylation sites (tertiary alicyclic amines) is 1. The summed E-state index contributed by atoms with van der Waals surface area (Å²) in [5.41, 5.74) is 4.58. The molecule has 1 aliphatic rings. The van der Waals surface area contributed by atoms with Gasteiger partial charge in [0.1, 0.15) is 0 Å². The molecule has 3 amide bonds. The monoisotopic (exact) mass is 256 g/mol. The number of amides is 3. The summed E-state index contributed by atoms with van der Waals surface area (Å²) in [5, 5.41) is 5.03. The largest absolute Gasteiger partial charge is 0.359 e. The van der Waals surface area contributed by atoms with Gasteiger partial charge in [-0.05, 0) is 13.3 Å². The first kappa shape index (κ1) is 14.4. The Morgan fingerprint density at radius 2 is 2.06 bits per heavy atom. The van der Waals surface area contributed by atoms with Gasteiger partial charge >= 0.3 is 0 Å². The van der Waals surface area contributed by atoms with Gasteiger partial charge in [0, 0.05) is 20.1 Å². The minimum atomic E-state index is -0.539. The van der Waals surface area contributed by atoms with Crippen LogP contribution in [0.25, 0.3) is 0 Å². The summed E-state index contributed by atoms with van der Waals surface area (Å²) in [5.74, 6) is -0.621. The van der Waals surface area contributed by atoms with Crippen LogP contribution in [-0.4, -0.2) is 55.8 Å². The molecule has 0 aromatic heterocycles. The molecule has 1 atom stereocenters. The van der Waals surface area contributed by atoms with E-state index >= 15 is 0 Å². The second-order valence-corrected chi connectivity index (χ2v) is 4.69. The van der Waals surface area contributed by atoms with Gasteiger partial charge in [0.2, 0.25) is 17.7 Å². The second kappa shape index (κ2) is 5.81. The first-order chi connectivity index (χ1) is 8.42. The molecule has 1 rings (SSSR count). The zero-order valence-corrected chi connectivity index (χ0v) is 10.8. The fraction of sp³-hybridized carbons (Fsp3) is 0.727. The minimum absolute atomic E-state index is 0.0659. The molecule has 7 nitrogen and oxygen atoms in total. The molecule has 1 saturated heterocycles. The second-order valence-electron chi connectivity index (χ2n) is 4.69. The Morgan fingerprint density at radius 1 is 1.39 bits per heavy atom. The number of carbonyl (C=O) groups excluding carboxylic acids is 3. The van der Waals surface area contributed by atoms with Crippen molar-refractivity contribution in [2.24, 2.45) is 11.1 Å². The Kier molecular flexibility index (Phi) is 4.66. The first-order valence-corrected chi connectivity index (χ1v) is 5.89. The number of hydrogen-bond acceptors (Lipinski definition) is 4. The SMILES string of the molecule is CNC(=O)C1(C)CCN(C(=O)CNC(=O)CN)C1. The Balaban J connectivity index is 2.48. The standard InChI is InChI=1S/C11H20N4O3/c1-11(10(18)13-2)3-4-15(7-11)9(17)6-14-8(16)5-12/h3-7,12H2,1-2H3,(H,13,18)(H,14,16). The van der Waals surface area contributed by atoms with Crippen molar-refractivity contribution in [3.05, 3.63) is 0 Å². The van der Waals surface area contributed by atoms with E-state index in [9.17, 15) is 14.4 Å². The third kappa shape index (κ3) is 3.19. The van der Waals surface area contributed by atoms with Crippen molar-refractivity contribution in [1.29, 1.82) is 0 Å². The van der Waals surface area contributed by atoms with E-state index in [1.54, 1.807) is 11.9 Å². The fourth-order valence-corrected chi connectivity index (χ4v) is 2.02. The average molecular weight is 256 g/mol. The van der Waals surface area contributed by atoms with E-state index in [0.29, 0.717) is 19.5 Å². The zero-order chi connectivity index (χ0) is 13.8. The zero-order valence-electron chi connectivity index (χ0n) is 10.8. The number of nitrogens with two attached hydrogens (primary N) is 1. The summed E-state index contributed by atoms with van der Waals surface area (Å²) < 4.78 is 0. The Morgan fingerprint density at radius 3 is 2.61 bits per heavy atom. The van der Waals surface area contributed by atoms with Crippen molar-refractivity contribution < 1.29 is 14.4 Å². The highest BCUT2D eigenvalue weighted by Gasteiger charge is 2.41. The van der Waals surface area contributed by atoms with Crippen LogP contribution in [0.4, 0.5) is 0 Å². The lowest BCUT2D eigenvalue weighted by atomic mass is 9.89. The topological polar surface area (TPSA) is 105 Å². The molecule has 1 fully saturated rings. The van der Waals surface area contributed by atoms with Crippen molar-refractivity contribution >= 4 is 17.7 Å². The molecule has 1 unspecified atom stereocenters. The number of nitrogens with zero attached hydrogens (tertiary/aromatic N) is 1. The van der Waals surface area contributed by atoms with Crippen LogP contribution in [0.15, 0.2) is 0 Å². The van der Waals surface area contributed by atoms with E-state index < -0.39 is 5.41 Å². The summed E-state index contributed by atoms with van der Waals surface area (Å²) in [6.45, 7) is 2.53. The smallest absolute Gasteiger partial charge is 0.241 e. The third-order valence-corrected chi connectivity index (χ3v) is 3.22. The van der Waals surface area contributed by atoms with Gasteiger partial charge in [-0.15, -0.1) is 0 Å². The van der Waals surface area contributed by atoms with Gasteiger partial charge in [0.05, 0.1) is 18.5 Å². The quantitative estimate of drug-likeness (QED) is 0.543. The van der Waals surface area contributed by atoms with Crippen molar-refractivity contribution in [3.8, 4) is 0 Å². The summed E-state index contributed by atoms with van der Waals surface area (Å²) in [7, 11) is 1.58. The molecule has 7 heteroatoms. The van der Waals surface area contributed by atoms with E-state index in [1.165, 1.54) is 0 Å². The molecule has 0 spiro atoms. The number of nitrogens with one attached hydrogen (secondary N) is 2. The number of hydrogen-bond donors (Lipinski definition) is 3. The van der Waals surface area contributed by atoms with Crippen LogP contribution < -0.4 is 16.4 Å². The highest BCUT2D eigenvalue weighted by Crippen LogP contribution is 2.29. The van der Waals surface area contributed by atoms with Crippen molar-refractivity contribution in [3.63, 3.8) is 0 Å². The van der Waals surface area contributed by atoms with Crippen LogP contribution in [-0.2, 0) is 14.4 Å². The van der Waals surface area contributed by atoms with Crippen molar-refractivity contribution in [1.82, 2.24) is 15.5 Å². The van der Waals surface area contributed by atoms with Gasteiger partial charge in [0.25, 0.3) is 0 Å². The maximum absolute atomic E-state index is 11.8. The molecule has 0 radical (unpaired) electrons. The Labute approximate surface area is 106 Å². The molecule has 0 aliphatic carbocycles. The lowest BCUT2D eigenvalue weighted by Gasteiger charge is -2.22. The van der Waals surface area contributed by atoms with Crippen LogP contribution in [0.5, 0.6) is 0 Å². The van der Waals surface area contributed by atoms with Gasteiger partial charge < -0.3 is 21.3 Å². The van der Waals surface area contributed by atoms with Crippen LogP contribution in [0.3, 0.4) is 0 Å². The summed E-state index contributed by atoms with van der Waals surface area (Å²) >= 11 is 0. The van der Waals surface area contributed by atoms with Gasteiger partial charge in [0.15, 0.2) is 0 Å². The molecule has 102 valence electrons. The highest BCUT2D eigenvalue weighted by atomic mass is 16.2. The highest BCUT2D eigenvalue weighted by molar-refractivity contribution is 5.87. The fourth-order valence-electron chi connectivity index (χ4n) is 2.02. The predicted octanol–water partition coefficient (Wildman–Crippen LogP) is -1.95. The minimum Gasteiger partial charge on any atom is -0.359 e. The molecule has 0 bridgehead atoms. The molecular weight excluding hydrogens is 236 g/mol. The van der Waals surface area contributed by atoms with Crippen LogP contribution in [0.2, 0.25) is 0 Å². The predicted molar refractivity (Wildman–Crippen MR) is 65.4 cm³/mol. The van der Waals surface area contributed by atoms with Gasteiger partial charge in [-0.3, -0.25) is 14.4 Å². The van der Waals surface area contributed by atoms with E-state index in [0.717, 1.165) is 0 Å².